The third kappa shape index (κ3) is 0.974. The van der Waals surface area contributed by atoms with E-state index in [9.17, 15) is 0 Å². The summed E-state index contributed by atoms with van der Waals surface area (Å²) >= 11 is 1.14. The van der Waals surface area contributed by atoms with Crippen LogP contribution in [0.15, 0.2) is 0 Å². The standard InChI is InChI=1S/C6H9O2S/c1-4-2-5-6(3-4)8-9-7-5/h4-6H,1-3H2. The predicted octanol–water partition coefficient (Wildman–Crippen LogP) is 1.58. The minimum atomic E-state index is 0.331. The van der Waals surface area contributed by atoms with Crippen LogP contribution in [0.25, 0.3) is 0 Å². The Morgan fingerprint density at radius 2 is 1.78 bits per heavy atom. The average Bonchev–Trinajstić information content (AvgIpc) is 2.22. The van der Waals surface area contributed by atoms with Gasteiger partial charge in [0.2, 0.25) is 0 Å². The van der Waals surface area contributed by atoms with E-state index in [1.165, 1.54) is 0 Å². The highest BCUT2D eigenvalue weighted by molar-refractivity contribution is 7.90. The van der Waals surface area contributed by atoms with Crippen molar-refractivity contribution in [2.45, 2.75) is 25.0 Å². The lowest BCUT2D eigenvalue weighted by atomic mass is 10.1. The number of rotatable bonds is 0. The summed E-state index contributed by atoms with van der Waals surface area (Å²) in [5.74, 6) is 0.542. The van der Waals surface area contributed by atoms with Crippen LogP contribution in [-0.4, -0.2) is 12.2 Å². The van der Waals surface area contributed by atoms with Crippen molar-refractivity contribution >= 4 is 12.3 Å². The zero-order chi connectivity index (χ0) is 6.27. The van der Waals surface area contributed by atoms with Crippen LogP contribution in [-0.2, 0) is 8.37 Å². The van der Waals surface area contributed by atoms with Gasteiger partial charge in [-0.05, 0) is 25.7 Å². The summed E-state index contributed by atoms with van der Waals surface area (Å²) in [5, 5.41) is 0. The van der Waals surface area contributed by atoms with Crippen molar-refractivity contribution in [1.82, 2.24) is 0 Å². The number of fused-ring (bicyclic) bond motifs is 1. The molecule has 0 bridgehead atoms. The molecule has 2 aliphatic rings. The summed E-state index contributed by atoms with van der Waals surface area (Å²) in [7, 11) is 0. The molecule has 1 saturated heterocycles. The second kappa shape index (κ2) is 2.15. The van der Waals surface area contributed by atoms with E-state index in [2.05, 4.69) is 6.92 Å². The fourth-order valence-corrected chi connectivity index (χ4v) is 2.04. The summed E-state index contributed by atoms with van der Waals surface area (Å²) < 4.78 is 10.4. The average molecular weight is 145 g/mol. The first-order valence-corrected chi connectivity index (χ1v) is 3.85. The molecule has 1 heterocycles. The van der Waals surface area contributed by atoms with Crippen LogP contribution in [0, 0.1) is 12.8 Å². The molecule has 9 heavy (non-hydrogen) atoms. The Morgan fingerprint density at radius 3 is 2.33 bits per heavy atom. The van der Waals surface area contributed by atoms with Crippen molar-refractivity contribution in [2.75, 3.05) is 0 Å². The monoisotopic (exact) mass is 145 g/mol. The van der Waals surface area contributed by atoms with Gasteiger partial charge in [-0.1, -0.05) is 0 Å². The molecule has 51 valence electrons. The Bertz CT molecular complexity index is 106. The van der Waals surface area contributed by atoms with Gasteiger partial charge < -0.3 is 0 Å². The van der Waals surface area contributed by atoms with Gasteiger partial charge in [0, 0.05) is 0 Å². The molecule has 0 amide bonds. The molecule has 3 heteroatoms. The van der Waals surface area contributed by atoms with E-state index < -0.39 is 0 Å². The van der Waals surface area contributed by atoms with Gasteiger partial charge in [0.25, 0.3) is 0 Å². The maximum absolute atomic E-state index is 5.20. The van der Waals surface area contributed by atoms with Gasteiger partial charge >= 0.3 is 0 Å². The Balaban J connectivity index is 2.02. The normalized spacial score (nSPS) is 49.7. The maximum Gasteiger partial charge on any atom is 0.159 e. The SMILES string of the molecule is [CH2]C1CC2OSOC2C1. The quantitative estimate of drug-likeness (QED) is 0.482. The fraction of sp³-hybridized carbons (Fsp3) is 0.833. The smallest absolute Gasteiger partial charge is 0.159 e. The molecule has 2 atom stereocenters. The van der Waals surface area contributed by atoms with Crippen LogP contribution in [0.1, 0.15) is 12.8 Å². The summed E-state index contributed by atoms with van der Waals surface area (Å²) in [4.78, 5) is 0. The zero-order valence-corrected chi connectivity index (χ0v) is 5.89. The lowest BCUT2D eigenvalue weighted by Gasteiger charge is -1.99. The van der Waals surface area contributed by atoms with Crippen molar-refractivity contribution in [3.8, 4) is 0 Å². The second-order valence-electron chi connectivity index (χ2n) is 2.67. The van der Waals surface area contributed by atoms with E-state index in [0.29, 0.717) is 18.1 Å². The molecule has 0 spiro atoms. The fourth-order valence-electron chi connectivity index (χ4n) is 1.38. The van der Waals surface area contributed by atoms with Gasteiger partial charge in [0.05, 0.1) is 0 Å². The highest BCUT2D eigenvalue weighted by atomic mass is 32.2. The van der Waals surface area contributed by atoms with Crippen LogP contribution in [0.2, 0.25) is 0 Å². The number of hydrogen-bond donors (Lipinski definition) is 0. The minimum absolute atomic E-state index is 0.331. The molecule has 0 N–H and O–H groups in total. The molecule has 1 radical (unpaired) electrons. The van der Waals surface area contributed by atoms with E-state index in [0.717, 1.165) is 25.2 Å². The molecule has 2 unspecified atom stereocenters. The van der Waals surface area contributed by atoms with E-state index >= 15 is 0 Å². The zero-order valence-electron chi connectivity index (χ0n) is 5.08. The molecule has 1 saturated carbocycles. The van der Waals surface area contributed by atoms with Crippen molar-refractivity contribution in [1.29, 1.82) is 0 Å². The van der Waals surface area contributed by atoms with Crippen LogP contribution in [0.5, 0.6) is 0 Å². The second-order valence-corrected chi connectivity index (χ2v) is 3.20. The Morgan fingerprint density at radius 1 is 1.22 bits per heavy atom. The van der Waals surface area contributed by atoms with Gasteiger partial charge in [-0.25, -0.2) is 0 Å². The Hall–Kier alpha value is 0.270. The Labute approximate surface area is 59.3 Å². The summed E-state index contributed by atoms with van der Waals surface area (Å²) in [5.41, 5.74) is 0. The predicted molar refractivity (Wildman–Crippen MR) is 35.4 cm³/mol. The van der Waals surface area contributed by atoms with E-state index in [-0.39, 0.29) is 0 Å². The van der Waals surface area contributed by atoms with Gasteiger partial charge in [-0.3, -0.25) is 8.37 Å². The molecular weight excluding hydrogens is 136 g/mol. The summed E-state index contributed by atoms with van der Waals surface area (Å²) in [6.07, 6.45) is 2.80. The highest BCUT2D eigenvalue weighted by Gasteiger charge is 2.39. The van der Waals surface area contributed by atoms with Crippen molar-refractivity contribution in [3.63, 3.8) is 0 Å². The van der Waals surface area contributed by atoms with Gasteiger partial charge in [-0.15, -0.1) is 0 Å². The molecule has 1 aliphatic carbocycles. The molecule has 1 aliphatic heterocycles. The first-order chi connectivity index (χ1) is 4.36. The Kier molecular flexibility index (Phi) is 1.43. The van der Waals surface area contributed by atoms with Crippen molar-refractivity contribution < 1.29 is 8.37 Å². The van der Waals surface area contributed by atoms with Crippen LogP contribution in [0.3, 0.4) is 0 Å². The lowest BCUT2D eigenvalue weighted by molar-refractivity contribution is 0.187. The van der Waals surface area contributed by atoms with Crippen LogP contribution < -0.4 is 0 Å². The third-order valence-corrected chi connectivity index (χ3v) is 2.52. The molecule has 0 aromatic carbocycles. The minimum Gasteiger partial charge on any atom is -0.285 e. The summed E-state index contributed by atoms with van der Waals surface area (Å²) in [6, 6.07) is 0. The van der Waals surface area contributed by atoms with Crippen molar-refractivity contribution in [3.05, 3.63) is 6.92 Å². The molecular formula is C6H9O2S. The van der Waals surface area contributed by atoms with E-state index in [1.54, 1.807) is 0 Å². The van der Waals surface area contributed by atoms with E-state index in [1.807, 2.05) is 0 Å². The van der Waals surface area contributed by atoms with Crippen LogP contribution >= 0.6 is 12.3 Å². The first kappa shape index (κ1) is 6.01. The topological polar surface area (TPSA) is 18.5 Å². The molecule has 2 nitrogen and oxygen atoms in total. The first-order valence-electron chi connectivity index (χ1n) is 3.18. The van der Waals surface area contributed by atoms with Gasteiger partial charge in [0.15, 0.2) is 12.3 Å². The lowest BCUT2D eigenvalue weighted by Crippen LogP contribution is -2.13. The van der Waals surface area contributed by atoms with E-state index in [4.69, 9.17) is 8.37 Å². The van der Waals surface area contributed by atoms with Crippen molar-refractivity contribution in [2.24, 2.45) is 5.92 Å². The molecule has 0 aromatic rings. The van der Waals surface area contributed by atoms with Gasteiger partial charge in [0.1, 0.15) is 12.2 Å². The van der Waals surface area contributed by atoms with Crippen LogP contribution in [0.4, 0.5) is 0 Å². The van der Waals surface area contributed by atoms with Gasteiger partial charge in [-0.2, -0.15) is 0 Å². The summed E-state index contributed by atoms with van der Waals surface area (Å²) in [6.45, 7) is 3.95. The maximum atomic E-state index is 5.20. The molecule has 2 fully saturated rings. The molecule has 0 aromatic heterocycles. The highest BCUT2D eigenvalue weighted by Crippen LogP contribution is 2.39. The number of hydrogen-bond acceptors (Lipinski definition) is 3. The third-order valence-electron chi connectivity index (χ3n) is 1.87. The largest absolute Gasteiger partial charge is 0.285 e. The molecule has 2 rings (SSSR count).